The highest BCUT2D eigenvalue weighted by atomic mass is 16.2. The van der Waals surface area contributed by atoms with Gasteiger partial charge in [0.25, 0.3) is 11.8 Å². The zero-order chi connectivity index (χ0) is 26.1. The zero-order valence-electron chi connectivity index (χ0n) is 21.3. The molecule has 0 radical (unpaired) electrons. The third-order valence-corrected chi connectivity index (χ3v) is 7.82. The fourth-order valence-corrected chi connectivity index (χ4v) is 5.91. The molecular weight excluding hydrogens is 472 g/mol. The number of benzene rings is 4. The lowest BCUT2D eigenvalue weighted by atomic mass is 9.91. The topological polar surface area (TPSA) is 66.5 Å². The average Bonchev–Trinajstić information content (AvgIpc) is 3.48. The van der Waals surface area contributed by atoms with Gasteiger partial charge in [0, 0.05) is 13.0 Å². The van der Waals surface area contributed by atoms with Gasteiger partial charge in [-0.25, -0.2) is 0 Å². The van der Waals surface area contributed by atoms with Crippen LogP contribution in [-0.2, 0) is 17.6 Å². The molecule has 0 unspecified atom stereocenters. The summed E-state index contributed by atoms with van der Waals surface area (Å²) in [5.41, 5.74) is 5.91. The maximum absolute atomic E-state index is 13.1. The van der Waals surface area contributed by atoms with Gasteiger partial charge in [-0.15, -0.1) is 0 Å². The Kier molecular flexibility index (Phi) is 6.50. The predicted molar refractivity (Wildman–Crippen MR) is 148 cm³/mol. The average molecular weight is 503 g/mol. The lowest BCUT2D eigenvalue weighted by Crippen LogP contribution is -2.31. The molecule has 4 aromatic carbocycles. The van der Waals surface area contributed by atoms with Crippen molar-refractivity contribution in [2.75, 3.05) is 6.54 Å². The molecule has 4 aromatic rings. The number of hydrogen-bond acceptors (Lipinski definition) is 3. The lowest BCUT2D eigenvalue weighted by Gasteiger charge is -2.22. The quantitative estimate of drug-likeness (QED) is 0.225. The molecule has 190 valence electrons. The number of carbonyl (C=O) groups is 3. The number of aryl methyl sites for hydroxylation is 2. The van der Waals surface area contributed by atoms with E-state index in [1.54, 1.807) is 24.3 Å². The van der Waals surface area contributed by atoms with Crippen molar-refractivity contribution in [3.05, 3.63) is 118 Å². The summed E-state index contributed by atoms with van der Waals surface area (Å²) < 4.78 is 0. The van der Waals surface area contributed by atoms with Crippen molar-refractivity contribution < 1.29 is 14.4 Å². The minimum Gasteiger partial charge on any atom is -0.345 e. The van der Waals surface area contributed by atoms with Crippen molar-refractivity contribution in [3.63, 3.8) is 0 Å². The Balaban J connectivity index is 1.10. The van der Waals surface area contributed by atoms with Crippen molar-refractivity contribution in [1.82, 2.24) is 10.2 Å². The van der Waals surface area contributed by atoms with Crippen LogP contribution in [0.3, 0.4) is 0 Å². The van der Waals surface area contributed by atoms with E-state index in [9.17, 15) is 14.4 Å². The van der Waals surface area contributed by atoms with E-state index in [-0.39, 0.29) is 23.8 Å². The number of imide groups is 1. The fourth-order valence-electron chi connectivity index (χ4n) is 5.91. The van der Waals surface area contributed by atoms with Crippen molar-refractivity contribution in [2.24, 2.45) is 0 Å². The molecule has 5 nitrogen and oxygen atoms in total. The monoisotopic (exact) mass is 502 g/mol. The second kappa shape index (κ2) is 10.3. The highest BCUT2D eigenvalue weighted by Gasteiger charge is 2.34. The summed E-state index contributed by atoms with van der Waals surface area (Å²) in [6, 6.07) is 27.7. The van der Waals surface area contributed by atoms with Gasteiger partial charge in [0.05, 0.1) is 17.2 Å². The van der Waals surface area contributed by atoms with E-state index in [4.69, 9.17) is 0 Å². The predicted octanol–water partition coefficient (Wildman–Crippen LogP) is 6.00. The molecule has 2 aliphatic rings. The largest absolute Gasteiger partial charge is 0.345 e. The van der Waals surface area contributed by atoms with Crippen LogP contribution in [0.2, 0.25) is 0 Å². The van der Waals surface area contributed by atoms with Gasteiger partial charge in [0.15, 0.2) is 0 Å². The van der Waals surface area contributed by atoms with Crippen LogP contribution in [0.25, 0.3) is 10.8 Å². The number of nitrogens with one attached hydrogen (secondary N) is 1. The summed E-state index contributed by atoms with van der Waals surface area (Å²) in [7, 11) is 0. The van der Waals surface area contributed by atoms with Gasteiger partial charge in [-0.3, -0.25) is 19.3 Å². The van der Waals surface area contributed by atoms with E-state index in [0.717, 1.165) is 30.4 Å². The second-order valence-electron chi connectivity index (χ2n) is 10.2. The Morgan fingerprint density at radius 3 is 2.16 bits per heavy atom. The number of fused-ring (bicyclic) bond motifs is 1. The summed E-state index contributed by atoms with van der Waals surface area (Å²) in [5, 5.41) is 5.86. The smallest absolute Gasteiger partial charge is 0.261 e. The van der Waals surface area contributed by atoms with Crippen LogP contribution >= 0.6 is 0 Å². The molecule has 0 spiro atoms. The Bertz CT molecular complexity index is 1500. The second-order valence-corrected chi connectivity index (χ2v) is 10.2. The molecule has 6 rings (SSSR count). The van der Waals surface area contributed by atoms with E-state index in [2.05, 4.69) is 47.8 Å². The Morgan fingerprint density at radius 2 is 1.42 bits per heavy atom. The first-order chi connectivity index (χ1) is 18.6. The minimum absolute atomic E-state index is 0.00263. The Hall–Kier alpha value is -4.25. The molecule has 0 aromatic heterocycles. The van der Waals surface area contributed by atoms with E-state index < -0.39 is 0 Å². The highest BCUT2D eigenvalue weighted by Crippen LogP contribution is 2.36. The molecule has 0 fully saturated rings. The molecule has 1 N–H and O–H groups in total. The van der Waals surface area contributed by atoms with E-state index in [1.165, 1.54) is 26.8 Å². The van der Waals surface area contributed by atoms with E-state index in [1.807, 2.05) is 18.2 Å². The van der Waals surface area contributed by atoms with Gasteiger partial charge in [-0.05, 0) is 70.8 Å². The summed E-state index contributed by atoms with van der Waals surface area (Å²) >= 11 is 0. The van der Waals surface area contributed by atoms with Gasteiger partial charge in [0.2, 0.25) is 5.91 Å². The molecule has 38 heavy (non-hydrogen) atoms. The first-order valence-electron chi connectivity index (χ1n) is 13.4. The van der Waals surface area contributed by atoms with Crippen LogP contribution in [-0.4, -0.2) is 29.2 Å². The summed E-state index contributed by atoms with van der Waals surface area (Å²) in [5.74, 6) is -0.443. The standard InChI is InChI=1S/C33H30N2O3/c36-29(16-5-2-8-21-35-32(37)27-13-6-7-14-28(27)33(35)38)34-31(24-10-3-1-4-11-24)26-20-19-23-18-17-22-12-9-15-25(26)30(22)23/h1,3-4,6-7,9-15,19-20,31H,2,5,8,16-18,21H2,(H,34,36)/t31-/m1/s1. The Morgan fingerprint density at radius 1 is 0.737 bits per heavy atom. The molecule has 1 aliphatic carbocycles. The fraction of sp³-hybridized carbons (Fsp3) is 0.242. The van der Waals surface area contributed by atoms with Crippen LogP contribution in [0.5, 0.6) is 0 Å². The van der Waals surface area contributed by atoms with Gasteiger partial charge < -0.3 is 5.32 Å². The van der Waals surface area contributed by atoms with Crippen LogP contribution in [0.15, 0.2) is 84.9 Å². The first kappa shape index (κ1) is 24.1. The number of hydrogen-bond donors (Lipinski definition) is 1. The Labute approximate surface area is 222 Å². The minimum atomic E-state index is -0.230. The number of carbonyl (C=O) groups excluding carboxylic acids is 3. The SMILES string of the molecule is O=C(CCCCCN1C(=O)c2ccccc2C1=O)N[C@H](c1ccccc1)c1ccc2c3c(cccc13)CC2. The van der Waals surface area contributed by atoms with Crippen LogP contribution in [0.4, 0.5) is 0 Å². The molecule has 1 heterocycles. The molecule has 5 heteroatoms. The van der Waals surface area contributed by atoms with Crippen molar-refractivity contribution in [1.29, 1.82) is 0 Å². The highest BCUT2D eigenvalue weighted by molar-refractivity contribution is 6.21. The molecular formula is C33H30N2O3. The molecule has 0 saturated carbocycles. The summed E-state index contributed by atoms with van der Waals surface area (Å²) in [4.78, 5) is 39.5. The normalized spacial score (nSPS) is 14.7. The van der Waals surface area contributed by atoms with Crippen molar-refractivity contribution in [3.8, 4) is 0 Å². The molecule has 1 atom stereocenters. The number of rotatable bonds is 9. The number of nitrogens with zero attached hydrogens (tertiary/aromatic N) is 1. The maximum atomic E-state index is 13.1. The van der Waals surface area contributed by atoms with Crippen molar-refractivity contribution in [2.45, 2.75) is 44.6 Å². The van der Waals surface area contributed by atoms with Gasteiger partial charge in [-0.1, -0.05) is 79.2 Å². The van der Waals surface area contributed by atoms with Gasteiger partial charge in [0.1, 0.15) is 0 Å². The third kappa shape index (κ3) is 4.38. The first-order valence-corrected chi connectivity index (χ1v) is 13.4. The zero-order valence-corrected chi connectivity index (χ0v) is 21.3. The van der Waals surface area contributed by atoms with Crippen LogP contribution < -0.4 is 5.32 Å². The van der Waals surface area contributed by atoms with Gasteiger partial charge >= 0.3 is 0 Å². The molecule has 1 aliphatic heterocycles. The van der Waals surface area contributed by atoms with Crippen LogP contribution in [0.1, 0.15) is 74.7 Å². The van der Waals surface area contributed by atoms with E-state index in [0.29, 0.717) is 36.9 Å². The number of unbranched alkanes of at least 4 members (excludes halogenated alkanes) is 2. The maximum Gasteiger partial charge on any atom is 0.261 e. The molecule has 0 bridgehead atoms. The molecule has 3 amide bonds. The van der Waals surface area contributed by atoms with Gasteiger partial charge in [-0.2, -0.15) is 0 Å². The summed E-state index contributed by atoms with van der Waals surface area (Å²) in [6.07, 6.45) is 4.67. The van der Waals surface area contributed by atoms with Crippen LogP contribution in [0, 0.1) is 0 Å². The van der Waals surface area contributed by atoms with Crippen molar-refractivity contribution >= 4 is 28.5 Å². The number of amides is 3. The third-order valence-electron chi connectivity index (χ3n) is 7.82. The summed E-state index contributed by atoms with van der Waals surface area (Å²) in [6.45, 7) is 0.376. The molecule has 0 saturated heterocycles. The lowest BCUT2D eigenvalue weighted by molar-refractivity contribution is -0.121. The van der Waals surface area contributed by atoms with E-state index >= 15 is 0 Å².